The van der Waals surface area contributed by atoms with Crippen LogP contribution in [0.2, 0.25) is 5.02 Å². The third-order valence-electron chi connectivity index (χ3n) is 6.06. The summed E-state index contributed by atoms with van der Waals surface area (Å²) in [5, 5.41) is 15.3. The number of nitrogens with one attached hydrogen (secondary N) is 1. The molecule has 0 radical (unpaired) electrons. The number of amides is 1. The van der Waals surface area contributed by atoms with Crippen LogP contribution in [0.4, 0.5) is 10.9 Å². The van der Waals surface area contributed by atoms with E-state index in [4.69, 9.17) is 26.6 Å². The molecule has 1 aromatic carbocycles. The Morgan fingerprint density at radius 2 is 2.14 bits per heavy atom. The monoisotopic (exact) mass is 539 g/mol. The molecule has 1 amide bonds. The number of rotatable bonds is 10. The minimum Gasteiger partial charge on any atom is -0.494 e. The van der Waals surface area contributed by atoms with Gasteiger partial charge < -0.3 is 15.0 Å². The Morgan fingerprint density at radius 3 is 2.92 bits per heavy atom. The number of hydrogen-bond donors (Lipinski definition) is 1. The number of ether oxygens (including phenoxy) is 1. The van der Waals surface area contributed by atoms with Crippen LogP contribution in [-0.2, 0) is 0 Å². The zero-order valence-corrected chi connectivity index (χ0v) is 22.6. The predicted molar refractivity (Wildman–Crippen MR) is 145 cm³/mol. The van der Waals surface area contributed by atoms with Gasteiger partial charge in [0, 0.05) is 48.2 Å². The molecular weight excluding hydrogens is 510 g/mol. The number of likely N-dealkylation sites (tertiary alicyclic amines) is 1. The zero-order valence-electron chi connectivity index (χ0n) is 21.0. The number of carbonyl (C=O) groups excluding carboxylic acids is 1. The van der Waals surface area contributed by atoms with E-state index < -0.39 is 0 Å². The van der Waals surface area contributed by atoms with Crippen molar-refractivity contribution in [2.45, 2.75) is 32.1 Å². The number of nitrogens with zero attached hydrogens (tertiary/aromatic N) is 6. The molecule has 9 nitrogen and oxygen atoms in total. The predicted octanol–water partition coefficient (Wildman–Crippen LogP) is 4.88. The summed E-state index contributed by atoms with van der Waals surface area (Å²) in [5.41, 5.74) is 1.25. The van der Waals surface area contributed by atoms with E-state index in [1.165, 1.54) is 11.3 Å². The van der Waals surface area contributed by atoms with Crippen molar-refractivity contribution >= 4 is 39.8 Å². The van der Waals surface area contributed by atoms with Gasteiger partial charge >= 0.3 is 0 Å². The largest absolute Gasteiger partial charge is 0.494 e. The van der Waals surface area contributed by atoms with Gasteiger partial charge in [-0.1, -0.05) is 11.6 Å². The molecule has 1 fully saturated rings. The Balaban J connectivity index is 1.31. The highest BCUT2D eigenvalue weighted by Gasteiger charge is 2.24. The molecule has 1 aliphatic rings. The van der Waals surface area contributed by atoms with E-state index in [-0.39, 0.29) is 11.8 Å². The molecule has 1 N–H and O–H groups in total. The number of piperidine rings is 1. The first-order chi connectivity index (χ1) is 17.9. The van der Waals surface area contributed by atoms with Crippen LogP contribution in [-0.4, -0.2) is 70.5 Å². The van der Waals surface area contributed by atoms with Gasteiger partial charge in [0.2, 0.25) is 0 Å². The van der Waals surface area contributed by atoms with Crippen molar-refractivity contribution in [3.8, 4) is 11.8 Å². The van der Waals surface area contributed by atoms with Gasteiger partial charge in [-0.25, -0.2) is 15.0 Å². The van der Waals surface area contributed by atoms with Gasteiger partial charge in [0.05, 0.1) is 19.2 Å². The number of aromatic nitrogens is 3. The van der Waals surface area contributed by atoms with Crippen LogP contribution in [0.15, 0.2) is 35.7 Å². The Labute approximate surface area is 226 Å². The number of thiazole rings is 1. The van der Waals surface area contributed by atoms with Crippen molar-refractivity contribution in [2.75, 3.05) is 45.2 Å². The Morgan fingerprint density at radius 1 is 1.32 bits per heavy atom. The van der Waals surface area contributed by atoms with Crippen LogP contribution in [0.5, 0.6) is 5.75 Å². The number of carbonyl (C=O) groups is 1. The zero-order chi connectivity index (χ0) is 26.2. The van der Waals surface area contributed by atoms with Gasteiger partial charge in [0.15, 0.2) is 5.13 Å². The minimum absolute atomic E-state index is 0.143. The number of benzene rings is 1. The van der Waals surface area contributed by atoms with E-state index in [9.17, 15) is 4.79 Å². The highest BCUT2D eigenvalue weighted by Crippen LogP contribution is 2.27. The minimum atomic E-state index is -0.143. The highest BCUT2D eigenvalue weighted by molar-refractivity contribution is 7.14. The number of halogens is 1. The lowest BCUT2D eigenvalue weighted by Gasteiger charge is -2.30. The Bertz CT molecular complexity index is 1240. The average molecular weight is 540 g/mol. The van der Waals surface area contributed by atoms with E-state index in [0.29, 0.717) is 47.8 Å². The van der Waals surface area contributed by atoms with Gasteiger partial charge in [-0.2, -0.15) is 5.26 Å². The second-order valence-corrected chi connectivity index (χ2v) is 10.3. The summed E-state index contributed by atoms with van der Waals surface area (Å²) in [6.45, 7) is 5.12. The number of hydrogen-bond acceptors (Lipinski definition) is 9. The SMILES string of the molecule is Cc1cc(Nc2nc(C(=O)N(C)CCCOc3ccc(Cl)cc3)cs2)nc([C@H]2CCCN(CC#N)C2)n1. The van der Waals surface area contributed by atoms with Crippen molar-refractivity contribution in [3.05, 3.63) is 57.9 Å². The molecule has 11 heteroatoms. The summed E-state index contributed by atoms with van der Waals surface area (Å²) in [7, 11) is 1.76. The second-order valence-electron chi connectivity index (χ2n) is 9.03. The molecular formula is C26H30ClN7O2S. The van der Waals surface area contributed by atoms with E-state index >= 15 is 0 Å². The van der Waals surface area contributed by atoms with Gasteiger partial charge in [0.25, 0.3) is 5.91 Å². The lowest BCUT2D eigenvalue weighted by molar-refractivity contribution is 0.0783. The summed E-state index contributed by atoms with van der Waals surface area (Å²) in [4.78, 5) is 30.5. The Kier molecular flexibility index (Phi) is 9.28. The Hall–Kier alpha value is -3.26. The van der Waals surface area contributed by atoms with E-state index in [1.807, 2.05) is 25.1 Å². The highest BCUT2D eigenvalue weighted by atomic mass is 35.5. The summed E-state index contributed by atoms with van der Waals surface area (Å²) in [5.74, 6) is 2.22. The summed E-state index contributed by atoms with van der Waals surface area (Å²) < 4.78 is 5.70. The average Bonchev–Trinajstić information content (AvgIpc) is 3.35. The normalized spacial score (nSPS) is 15.7. The molecule has 3 aromatic rings. The summed E-state index contributed by atoms with van der Waals surface area (Å²) >= 11 is 7.25. The molecule has 0 unspecified atom stereocenters. The first-order valence-electron chi connectivity index (χ1n) is 12.2. The molecule has 194 valence electrons. The molecule has 0 aliphatic carbocycles. The van der Waals surface area contributed by atoms with Crippen LogP contribution < -0.4 is 10.1 Å². The van der Waals surface area contributed by atoms with Crippen LogP contribution >= 0.6 is 22.9 Å². The van der Waals surface area contributed by atoms with Crippen molar-refractivity contribution in [3.63, 3.8) is 0 Å². The fourth-order valence-corrected chi connectivity index (χ4v) is 5.02. The van der Waals surface area contributed by atoms with Crippen molar-refractivity contribution in [2.24, 2.45) is 0 Å². The fourth-order valence-electron chi connectivity index (χ4n) is 4.21. The third kappa shape index (κ3) is 7.61. The van der Waals surface area contributed by atoms with Gasteiger partial charge in [0.1, 0.15) is 23.1 Å². The molecule has 0 saturated carbocycles. The maximum atomic E-state index is 12.8. The summed E-state index contributed by atoms with van der Waals surface area (Å²) in [6.07, 6.45) is 2.71. The topological polar surface area (TPSA) is 107 Å². The lowest BCUT2D eigenvalue weighted by atomic mass is 9.97. The molecule has 4 rings (SSSR count). The molecule has 3 heterocycles. The maximum Gasteiger partial charge on any atom is 0.273 e. The quantitative estimate of drug-likeness (QED) is 0.287. The lowest BCUT2D eigenvalue weighted by Crippen LogP contribution is -2.35. The molecule has 1 atom stereocenters. The fraction of sp³-hybridized carbons (Fsp3) is 0.423. The molecule has 0 bridgehead atoms. The molecule has 0 spiro atoms. The van der Waals surface area contributed by atoms with E-state index in [2.05, 4.69) is 26.3 Å². The molecule has 1 aliphatic heterocycles. The third-order valence-corrected chi connectivity index (χ3v) is 7.07. The number of aryl methyl sites for hydroxylation is 1. The van der Waals surface area contributed by atoms with Crippen LogP contribution in [0.3, 0.4) is 0 Å². The van der Waals surface area contributed by atoms with Crippen molar-refractivity contribution in [1.82, 2.24) is 24.8 Å². The second kappa shape index (κ2) is 12.8. The standard InChI is InChI=1S/C26H30ClN7O2S/c1-18-15-23(31-24(29-18)19-5-3-12-34(16-19)13-10-28)32-26-30-22(17-37-26)25(35)33(2)11-4-14-36-21-8-6-20(27)7-9-21/h6-9,15,17,19H,3-5,11-14,16H2,1-2H3,(H,29,30,31,32)/t19-/m0/s1. The van der Waals surface area contributed by atoms with Crippen LogP contribution in [0, 0.1) is 18.3 Å². The van der Waals surface area contributed by atoms with Crippen molar-refractivity contribution < 1.29 is 9.53 Å². The van der Waals surface area contributed by atoms with E-state index in [0.717, 1.165) is 43.2 Å². The molecule has 37 heavy (non-hydrogen) atoms. The summed E-state index contributed by atoms with van der Waals surface area (Å²) in [6, 6.07) is 11.3. The maximum absolute atomic E-state index is 12.8. The first kappa shape index (κ1) is 26.8. The van der Waals surface area contributed by atoms with Crippen LogP contribution in [0.25, 0.3) is 0 Å². The smallest absolute Gasteiger partial charge is 0.273 e. The van der Waals surface area contributed by atoms with Gasteiger partial charge in [-0.05, 0) is 57.0 Å². The van der Waals surface area contributed by atoms with Crippen LogP contribution in [0.1, 0.15) is 47.2 Å². The van der Waals surface area contributed by atoms with E-state index in [1.54, 1.807) is 29.5 Å². The molecule has 1 saturated heterocycles. The van der Waals surface area contributed by atoms with Gasteiger partial charge in [-0.3, -0.25) is 9.69 Å². The first-order valence-corrected chi connectivity index (χ1v) is 13.5. The molecule has 2 aromatic heterocycles. The van der Waals surface area contributed by atoms with Crippen molar-refractivity contribution in [1.29, 1.82) is 5.26 Å². The number of nitriles is 1. The van der Waals surface area contributed by atoms with Gasteiger partial charge in [-0.15, -0.1) is 11.3 Å². The number of anilines is 2.